The number of unbranched alkanes of at least 4 members (excludes halogenated alkanes) is 8. The molecular formula is C38H51N5O14P2. The minimum atomic E-state index is -5.30. The van der Waals surface area contributed by atoms with Crippen LogP contribution in [-0.4, -0.2) is 45.1 Å². The average Bonchev–Trinajstić information content (AvgIpc) is 3.59. The molecule has 322 valence electrons. The zero-order valence-electron chi connectivity index (χ0n) is 33.3. The number of carbonyl (C=O) groups excluding carboxylic acids is 2. The van der Waals surface area contributed by atoms with E-state index in [0.29, 0.717) is 11.1 Å². The Hall–Kier alpha value is -4.41. The van der Waals surface area contributed by atoms with Crippen molar-refractivity contribution >= 4 is 27.6 Å². The first-order chi connectivity index (χ1) is 28.2. The Balaban J connectivity index is 1.37. The van der Waals surface area contributed by atoms with Gasteiger partial charge < -0.3 is 19.1 Å². The number of rotatable bonds is 25. The lowest BCUT2D eigenvalue weighted by molar-refractivity contribution is -0.134. The summed E-state index contributed by atoms with van der Waals surface area (Å²) < 4.78 is 65.6. The summed E-state index contributed by atoms with van der Waals surface area (Å²) in [6.45, 7) is 3.26. The van der Waals surface area contributed by atoms with Crippen molar-refractivity contribution in [2.45, 2.75) is 123 Å². The van der Waals surface area contributed by atoms with Crippen LogP contribution in [0.2, 0.25) is 0 Å². The summed E-state index contributed by atoms with van der Waals surface area (Å²) >= 11 is 0. The minimum absolute atomic E-state index is 0.0572. The average molecular weight is 864 g/mol. The van der Waals surface area contributed by atoms with Gasteiger partial charge in [-0.15, -0.1) is 0 Å². The number of aryl methyl sites for hydroxylation is 1. The summed E-state index contributed by atoms with van der Waals surface area (Å²) in [5.41, 5.74) is 8.73. The standard InChI is InChI=1S/C38H51N5O14P2/c1-4-5-6-7-8-9-10-11-12-13-36(45)55-32-20-16-30(17-21-32)25-53-59(50,52-24-29-14-18-31(19-15-29)54-28(3)44)57-58(48,49)51-26-34-33(41-42-39)22-35(56-34)43-23-27(2)37(46)40-38(43)47/h14-21,23,33-35H,4-13,22,24-26H2,1-3H3,(H,48,49)(H,40,46,47)/t33?,34-,35-,59?/m1/s1. The van der Waals surface area contributed by atoms with E-state index in [1.807, 2.05) is 0 Å². The van der Waals surface area contributed by atoms with Gasteiger partial charge in [0.15, 0.2) is 0 Å². The summed E-state index contributed by atoms with van der Waals surface area (Å²) in [4.78, 5) is 63.6. The Morgan fingerprint density at radius 3 is 2.02 bits per heavy atom. The molecule has 1 aliphatic heterocycles. The number of azide groups is 1. The van der Waals surface area contributed by atoms with Crippen LogP contribution in [0, 0.1) is 6.92 Å². The fourth-order valence-corrected chi connectivity index (χ4v) is 8.57. The van der Waals surface area contributed by atoms with Crippen LogP contribution in [0.4, 0.5) is 0 Å². The van der Waals surface area contributed by atoms with Gasteiger partial charge in [-0.25, -0.2) is 13.9 Å². The van der Waals surface area contributed by atoms with E-state index in [1.54, 1.807) is 0 Å². The third-order valence-electron chi connectivity index (χ3n) is 9.07. The lowest BCUT2D eigenvalue weighted by Gasteiger charge is -2.22. The predicted molar refractivity (Wildman–Crippen MR) is 213 cm³/mol. The quantitative estimate of drug-likeness (QED) is 0.0155. The van der Waals surface area contributed by atoms with Crippen molar-refractivity contribution < 1.29 is 55.7 Å². The van der Waals surface area contributed by atoms with Crippen molar-refractivity contribution in [2.75, 3.05) is 6.61 Å². The van der Waals surface area contributed by atoms with Crippen LogP contribution in [0.25, 0.3) is 10.4 Å². The molecule has 2 aromatic carbocycles. The minimum Gasteiger partial charge on any atom is -0.427 e. The highest BCUT2D eigenvalue weighted by Crippen LogP contribution is 2.64. The zero-order valence-corrected chi connectivity index (χ0v) is 35.1. The first-order valence-electron chi connectivity index (χ1n) is 19.4. The Labute approximate surface area is 341 Å². The van der Waals surface area contributed by atoms with Gasteiger partial charge in [-0.3, -0.25) is 37.5 Å². The maximum absolute atomic E-state index is 13.9. The van der Waals surface area contributed by atoms with Crippen molar-refractivity contribution in [3.63, 3.8) is 0 Å². The molecule has 2 heterocycles. The van der Waals surface area contributed by atoms with Crippen molar-refractivity contribution in [3.8, 4) is 11.5 Å². The number of phosphoric acid groups is 2. The second-order valence-corrected chi connectivity index (χ2v) is 17.1. The predicted octanol–water partition coefficient (Wildman–Crippen LogP) is 8.24. The summed E-state index contributed by atoms with van der Waals surface area (Å²) in [5, 5.41) is 3.64. The van der Waals surface area contributed by atoms with Crippen molar-refractivity contribution in [1.29, 1.82) is 0 Å². The molecule has 4 rings (SSSR count). The number of hydrogen-bond donors (Lipinski definition) is 2. The van der Waals surface area contributed by atoms with E-state index in [-0.39, 0.29) is 35.9 Å². The van der Waals surface area contributed by atoms with Crippen LogP contribution in [0.3, 0.4) is 0 Å². The highest BCUT2D eigenvalue weighted by atomic mass is 31.3. The SMILES string of the molecule is CCCCCCCCCCCC(=O)Oc1ccc(COP(=O)(OCc2ccc(OC(C)=O)cc2)OP(=O)(O)OC[C@H]2O[C@@H](n3cc(C)c(=O)[nH]c3=O)CC2N=[N+]=[N-])cc1. The molecule has 0 bridgehead atoms. The number of nitrogens with zero attached hydrogens (tertiary/aromatic N) is 4. The lowest BCUT2D eigenvalue weighted by atomic mass is 10.1. The number of hydrogen-bond acceptors (Lipinski definition) is 14. The first-order valence-corrected chi connectivity index (χ1v) is 22.3. The van der Waals surface area contributed by atoms with E-state index in [1.165, 1.54) is 101 Å². The van der Waals surface area contributed by atoms with Crippen LogP contribution in [0.5, 0.6) is 11.5 Å². The molecule has 5 atom stereocenters. The highest BCUT2D eigenvalue weighted by Gasteiger charge is 2.42. The third kappa shape index (κ3) is 16.3. The van der Waals surface area contributed by atoms with Gasteiger partial charge in [-0.1, -0.05) is 87.7 Å². The van der Waals surface area contributed by atoms with E-state index in [2.05, 4.69) is 21.9 Å². The van der Waals surface area contributed by atoms with Crippen molar-refractivity contribution in [3.05, 3.63) is 103 Å². The lowest BCUT2D eigenvalue weighted by Crippen LogP contribution is -2.33. The molecule has 1 saturated heterocycles. The van der Waals surface area contributed by atoms with Gasteiger partial charge in [0.1, 0.15) is 17.7 Å². The number of esters is 2. The maximum atomic E-state index is 13.9. The molecule has 0 aliphatic carbocycles. The molecule has 21 heteroatoms. The van der Waals surface area contributed by atoms with Gasteiger partial charge in [0, 0.05) is 36.4 Å². The number of carbonyl (C=O) groups is 2. The Kier molecular flexibility index (Phi) is 18.7. The van der Waals surface area contributed by atoms with Crippen LogP contribution in [0.15, 0.2) is 69.4 Å². The third-order valence-corrected chi connectivity index (χ3v) is 12.1. The van der Waals surface area contributed by atoms with Gasteiger partial charge in [-0.05, 0) is 54.3 Å². The molecule has 3 aromatic rings. The summed E-state index contributed by atoms with van der Waals surface area (Å²) in [5.74, 6) is -0.387. The number of H-pyrrole nitrogens is 1. The van der Waals surface area contributed by atoms with Crippen LogP contribution >= 0.6 is 15.6 Å². The molecule has 3 unspecified atom stereocenters. The van der Waals surface area contributed by atoms with Crippen LogP contribution < -0.4 is 20.7 Å². The second-order valence-electron chi connectivity index (χ2n) is 13.9. The van der Waals surface area contributed by atoms with Crippen LogP contribution in [-0.2, 0) is 54.6 Å². The van der Waals surface area contributed by atoms with Gasteiger partial charge in [-0.2, -0.15) is 4.31 Å². The van der Waals surface area contributed by atoms with Crippen molar-refractivity contribution in [1.82, 2.24) is 9.55 Å². The fraction of sp³-hybridized carbons (Fsp3) is 0.526. The largest absolute Gasteiger partial charge is 0.484 e. The highest BCUT2D eigenvalue weighted by molar-refractivity contribution is 7.61. The molecule has 19 nitrogen and oxygen atoms in total. The normalized spacial score (nSPS) is 18.3. The molecule has 0 amide bonds. The molecule has 0 radical (unpaired) electrons. The van der Waals surface area contributed by atoms with Gasteiger partial charge in [0.2, 0.25) is 0 Å². The fourth-order valence-electron chi connectivity index (χ4n) is 5.97. The van der Waals surface area contributed by atoms with E-state index < -0.39 is 71.1 Å². The Bertz CT molecular complexity index is 2100. The van der Waals surface area contributed by atoms with E-state index in [4.69, 9.17) is 37.6 Å². The van der Waals surface area contributed by atoms with E-state index in [9.17, 15) is 33.2 Å². The first kappa shape index (κ1) is 47.3. The molecule has 1 aliphatic rings. The summed E-state index contributed by atoms with van der Waals surface area (Å²) in [7, 11) is -10.2. The monoisotopic (exact) mass is 863 g/mol. The van der Waals surface area contributed by atoms with E-state index >= 15 is 0 Å². The number of phosphoric ester groups is 2. The number of ether oxygens (including phenoxy) is 3. The molecule has 59 heavy (non-hydrogen) atoms. The van der Waals surface area contributed by atoms with E-state index in [0.717, 1.165) is 30.3 Å². The topological polar surface area (TPSA) is 257 Å². The molecular weight excluding hydrogens is 812 g/mol. The zero-order chi connectivity index (χ0) is 42.8. The Morgan fingerprint density at radius 2 is 1.46 bits per heavy atom. The summed E-state index contributed by atoms with van der Waals surface area (Å²) in [6.07, 6.45) is 9.34. The molecule has 1 aromatic heterocycles. The Morgan fingerprint density at radius 1 is 0.898 bits per heavy atom. The molecule has 1 fully saturated rings. The molecule has 2 N–H and O–H groups in total. The smallest absolute Gasteiger partial charge is 0.427 e. The number of nitrogens with one attached hydrogen (secondary N) is 1. The van der Waals surface area contributed by atoms with Gasteiger partial charge >= 0.3 is 33.3 Å². The molecule has 0 spiro atoms. The summed E-state index contributed by atoms with van der Waals surface area (Å²) in [6, 6.07) is 11.0. The van der Waals surface area contributed by atoms with Gasteiger partial charge in [0.25, 0.3) is 5.56 Å². The van der Waals surface area contributed by atoms with Crippen molar-refractivity contribution in [2.24, 2.45) is 5.11 Å². The van der Waals surface area contributed by atoms with Crippen LogP contribution in [0.1, 0.15) is 107 Å². The molecule has 0 saturated carbocycles. The number of aromatic amines is 1. The maximum Gasteiger partial charge on any atom is 0.484 e. The second kappa shape index (κ2) is 23.4. The number of benzene rings is 2. The van der Waals surface area contributed by atoms with Gasteiger partial charge in [0.05, 0.1) is 32.0 Å². The number of aromatic nitrogens is 2.